The number of aromatic amines is 1. The van der Waals surface area contributed by atoms with Crippen molar-refractivity contribution in [1.82, 2.24) is 19.8 Å². The molecule has 0 radical (unpaired) electrons. The molecule has 0 bridgehead atoms. The van der Waals surface area contributed by atoms with Crippen molar-refractivity contribution in [2.75, 3.05) is 19.6 Å². The maximum atomic E-state index is 12.9. The summed E-state index contributed by atoms with van der Waals surface area (Å²) in [6, 6.07) is 5.72. The van der Waals surface area contributed by atoms with Gasteiger partial charge in [0.25, 0.3) is 5.91 Å². The molecule has 0 saturated carbocycles. The van der Waals surface area contributed by atoms with E-state index in [2.05, 4.69) is 23.8 Å². The Bertz CT molecular complexity index is 854. The summed E-state index contributed by atoms with van der Waals surface area (Å²) in [4.78, 5) is 36.1. The summed E-state index contributed by atoms with van der Waals surface area (Å²) in [6.45, 7) is 6.04. The molecular formula is C20H26N4O3. The molecule has 1 unspecified atom stereocenters. The maximum Gasteiger partial charge on any atom is 0.410 e. The SMILES string of the molecule is CCCC(C)N1CC2(CCN(C(=O)c3ccc4nc[nH]c4c3)CC2)OC1=O. The molecule has 144 valence electrons. The smallest absolute Gasteiger partial charge is 0.410 e. The maximum absolute atomic E-state index is 12.9. The fraction of sp³-hybridized carbons (Fsp3) is 0.550. The molecule has 0 aliphatic carbocycles. The van der Waals surface area contributed by atoms with Crippen LogP contribution in [0.4, 0.5) is 4.79 Å². The monoisotopic (exact) mass is 370 g/mol. The fourth-order valence-electron chi connectivity index (χ4n) is 4.19. The van der Waals surface area contributed by atoms with Gasteiger partial charge in [0.1, 0.15) is 5.60 Å². The summed E-state index contributed by atoms with van der Waals surface area (Å²) < 4.78 is 5.79. The van der Waals surface area contributed by atoms with Crippen molar-refractivity contribution in [3.05, 3.63) is 30.1 Å². The lowest BCUT2D eigenvalue weighted by molar-refractivity contribution is 0.00307. The molecule has 7 nitrogen and oxygen atoms in total. The number of rotatable bonds is 4. The standard InChI is InChI=1S/C20H26N4O3/c1-3-4-14(2)24-12-20(27-19(24)26)7-9-23(10-8-20)18(25)15-5-6-16-17(11-15)22-13-21-16/h5-6,11,13-14H,3-4,7-10,12H2,1-2H3,(H,21,22). The molecule has 1 atom stereocenters. The number of ether oxygens (including phenoxy) is 1. The molecule has 1 aromatic carbocycles. The predicted octanol–water partition coefficient (Wildman–Crippen LogP) is 3.18. The highest BCUT2D eigenvalue weighted by Gasteiger charge is 2.48. The van der Waals surface area contributed by atoms with Crippen LogP contribution in [0.25, 0.3) is 11.0 Å². The third-order valence-electron chi connectivity index (χ3n) is 5.86. The van der Waals surface area contributed by atoms with Gasteiger partial charge in [-0.15, -0.1) is 0 Å². The quantitative estimate of drug-likeness (QED) is 0.897. The highest BCUT2D eigenvalue weighted by molar-refractivity contribution is 5.97. The molecule has 4 rings (SSSR count). The summed E-state index contributed by atoms with van der Waals surface area (Å²) in [5.41, 5.74) is 1.93. The Morgan fingerprint density at radius 2 is 2.15 bits per heavy atom. The van der Waals surface area contributed by atoms with E-state index in [9.17, 15) is 9.59 Å². The lowest BCUT2D eigenvalue weighted by Crippen LogP contribution is -2.49. The van der Waals surface area contributed by atoms with Crippen LogP contribution in [-0.2, 0) is 4.74 Å². The number of fused-ring (bicyclic) bond motifs is 1. The number of benzene rings is 1. The second kappa shape index (κ2) is 6.87. The van der Waals surface area contributed by atoms with E-state index in [1.165, 1.54) is 0 Å². The zero-order chi connectivity index (χ0) is 19.0. The van der Waals surface area contributed by atoms with Crippen LogP contribution in [0.5, 0.6) is 0 Å². The number of hydrogen-bond acceptors (Lipinski definition) is 4. The molecule has 2 aliphatic heterocycles. The van der Waals surface area contributed by atoms with Gasteiger partial charge in [-0.1, -0.05) is 13.3 Å². The predicted molar refractivity (Wildman–Crippen MR) is 102 cm³/mol. The Labute approximate surface area is 158 Å². The molecule has 3 heterocycles. The second-order valence-electron chi connectivity index (χ2n) is 7.74. The average Bonchev–Trinajstić information content (AvgIpc) is 3.26. The summed E-state index contributed by atoms with van der Waals surface area (Å²) in [7, 11) is 0. The highest BCUT2D eigenvalue weighted by atomic mass is 16.6. The van der Waals surface area contributed by atoms with Gasteiger partial charge in [-0.25, -0.2) is 9.78 Å². The van der Waals surface area contributed by atoms with Crippen LogP contribution < -0.4 is 0 Å². The number of hydrogen-bond donors (Lipinski definition) is 1. The van der Waals surface area contributed by atoms with Crippen molar-refractivity contribution >= 4 is 23.0 Å². The number of carbonyl (C=O) groups excluding carboxylic acids is 2. The minimum absolute atomic E-state index is 0.0156. The van der Waals surface area contributed by atoms with Crippen molar-refractivity contribution in [1.29, 1.82) is 0 Å². The van der Waals surface area contributed by atoms with Crippen LogP contribution in [0.2, 0.25) is 0 Å². The Kier molecular flexibility index (Phi) is 4.53. The molecule has 2 aromatic rings. The van der Waals surface area contributed by atoms with Crippen LogP contribution >= 0.6 is 0 Å². The van der Waals surface area contributed by atoms with Crippen molar-refractivity contribution in [2.24, 2.45) is 0 Å². The van der Waals surface area contributed by atoms with Gasteiger partial charge in [-0.05, 0) is 31.5 Å². The van der Waals surface area contributed by atoms with Gasteiger partial charge in [-0.2, -0.15) is 0 Å². The normalized spacial score (nSPS) is 20.3. The van der Waals surface area contributed by atoms with Crippen LogP contribution in [0, 0.1) is 0 Å². The Morgan fingerprint density at radius 3 is 2.89 bits per heavy atom. The van der Waals surface area contributed by atoms with Crippen molar-refractivity contribution in [3.63, 3.8) is 0 Å². The lowest BCUT2D eigenvalue weighted by atomic mass is 9.90. The zero-order valence-corrected chi connectivity index (χ0v) is 15.9. The number of amides is 2. The zero-order valence-electron chi connectivity index (χ0n) is 15.9. The lowest BCUT2D eigenvalue weighted by Gasteiger charge is -2.37. The molecule has 2 aliphatic rings. The first-order chi connectivity index (χ1) is 13.0. The number of aromatic nitrogens is 2. The van der Waals surface area contributed by atoms with Gasteiger partial charge < -0.3 is 19.5 Å². The van der Waals surface area contributed by atoms with Crippen molar-refractivity contribution in [2.45, 2.75) is 51.2 Å². The Hall–Kier alpha value is -2.57. The number of imidazole rings is 1. The van der Waals surface area contributed by atoms with Crippen LogP contribution in [0.1, 0.15) is 49.9 Å². The largest absolute Gasteiger partial charge is 0.441 e. The third kappa shape index (κ3) is 3.26. The summed E-state index contributed by atoms with van der Waals surface area (Å²) >= 11 is 0. The summed E-state index contributed by atoms with van der Waals surface area (Å²) in [5, 5.41) is 0. The number of piperidine rings is 1. The van der Waals surface area contributed by atoms with Gasteiger partial charge in [0, 0.05) is 37.5 Å². The average molecular weight is 370 g/mol. The van der Waals surface area contributed by atoms with E-state index in [1.54, 1.807) is 6.33 Å². The topological polar surface area (TPSA) is 78.5 Å². The van der Waals surface area contributed by atoms with E-state index in [4.69, 9.17) is 4.74 Å². The van der Waals surface area contributed by atoms with Gasteiger partial charge in [0.05, 0.1) is 23.9 Å². The van der Waals surface area contributed by atoms with Gasteiger partial charge in [0.2, 0.25) is 0 Å². The van der Waals surface area contributed by atoms with Crippen molar-refractivity contribution < 1.29 is 14.3 Å². The van der Waals surface area contributed by atoms with E-state index in [1.807, 2.05) is 28.0 Å². The Morgan fingerprint density at radius 1 is 1.37 bits per heavy atom. The molecule has 27 heavy (non-hydrogen) atoms. The van der Waals surface area contributed by atoms with Crippen LogP contribution in [-0.4, -0.2) is 63.0 Å². The van der Waals surface area contributed by atoms with Crippen LogP contribution in [0.3, 0.4) is 0 Å². The molecule has 1 aromatic heterocycles. The molecule has 1 spiro atoms. The molecule has 2 saturated heterocycles. The minimum atomic E-state index is -0.441. The number of likely N-dealkylation sites (tertiary alicyclic amines) is 1. The molecule has 1 N–H and O–H groups in total. The molecule has 7 heteroatoms. The molecule has 2 fully saturated rings. The van der Waals surface area contributed by atoms with Crippen molar-refractivity contribution in [3.8, 4) is 0 Å². The van der Waals surface area contributed by atoms with Crippen LogP contribution in [0.15, 0.2) is 24.5 Å². The number of H-pyrrole nitrogens is 1. The first-order valence-electron chi connectivity index (χ1n) is 9.73. The Balaban J connectivity index is 1.41. The summed E-state index contributed by atoms with van der Waals surface area (Å²) in [6.07, 6.45) is 4.81. The van der Waals surface area contributed by atoms with E-state index in [0.29, 0.717) is 38.0 Å². The number of nitrogens with zero attached hydrogens (tertiary/aromatic N) is 3. The van der Waals surface area contributed by atoms with E-state index >= 15 is 0 Å². The highest BCUT2D eigenvalue weighted by Crippen LogP contribution is 2.35. The van der Waals surface area contributed by atoms with Gasteiger partial charge in [0.15, 0.2) is 0 Å². The summed E-state index contributed by atoms with van der Waals surface area (Å²) in [5.74, 6) is 0.0156. The third-order valence-corrected chi connectivity index (χ3v) is 5.86. The number of carbonyl (C=O) groups is 2. The fourth-order valence-corrected chi connectivity index (χ4v) is 4.19. The van der Waals surface area contributed by atoms with Gasteiger partial charge in [-0.3, -0.25) is 4.79 Å². The minimum Gasteiger partial charge on any atom is -0.441 e. The molecule has 2 amide bonds. The van der Waals surface area contributed by atoms with E-state index in [-0.39, 0.29) is 18.0 Å². The van der Waals surface area contributed by atoms with Gasteiger partial charge >= 0.3 is 6.09 Å². The second-order valence-corrected chi connectivity index (χ2v) is 7.74. The van der Waals surface area contributed by atoms with E-state index in [0.717, 1.165) is 23.9 Å². The molecular weight excluding hydrogens is 344 g/mol. The van der Waals surface area contributed by atoms with E-state index < -0.39 is 5.60 Å². The first kappa shape index (κ1) is 17.8. The first-order valence-corrected chi connectivity index (χ1v) is 9.73. The number of nitrogens with one attached hydrogen (secondary N) is 1.